The van der Waals surface area contributed by atoms with Crippen LogP contribution >= 0.6 is 0 Å². The Balaban J connectivity index is 2.09. The Hall–Kier alpha value is -1.16. The fraction of sp³-hybridized carbons (Fsp3) is 0.600. The summed E-state index contributed by atoms with van der Waals surface area (Å²) >= 11 is 0. The maximum absolute atomic E-state index is 4.15. The number of nitrogens with one attached hydrogen (secondary N) is 1. The third kappa shape index (κ3) is 1.85. The first-order chi connectivity index (χ1) is 6.92. The van der Waals surface area contributed by atoms with Gasteiger partial charge in [-0.15, -0.1) is 5.10 Å². The maximum Gasteiger partial charge on any atom is 0.151 e. The predicted octanol–water partition coefficient (Wildman–Crippen LogP) is 0.665. The van der Waals surface area contributed by atoms with Crippen molar-refractivity contribution in [3.63, 3.8) is 0 Å². The Bertz CT molecular complexity index is 271. The molecule has 0 unspecified atom stereocenters. The third-order valence-electron chi connectivity index (χ3n) is 2.52. The summed E-state index contributed by atoms with van der Waals surface area (Å²) in [6.45, 7) is 5.38. The van der Waals surface area contributed by atoms with Gasteiger partial charge in [0.1, 0.15) is 0 Å². The van der Waals surface area contributed by atoms with E-state index in [1.54, 1.807) is 6.20 Å². The van der Waals surface area contributed by atoms with E-state index >= 15 is 0 Å². The van der Waals surface area contributed by atoms with E-state index < -0.39 is 0 Å². The molecule has 0 bridgehead atoms. The zero-order chi connectivity index (χ0) is 9.80. The van der Waals surface area contributed by atoms with Crippen LogP contribution < -0.4 is 10.2 Å². The van der Waals surface area contributed by atoms with Crippen molar-refractivity contribution in [1.82, 2.24) is 15.5 Å². The van der Waals surface area contributed by atoms with Crippen molar-refractivity contribution in [2.45, 2.75) is 19.4 Å². The van der Waals surface area contributed by atoms with Gasteiger partial charge in [0.05, 0.1) is 6.04 Å². The van der Waals surface area contributed by atoms with Crippen LogP contribution in [-0.4, -0.2) is 35.9 Å². The van der Waals surface area contributed by atoms with Crippen LogP contribution in [0.3, 0.4) is 0 Å². The lowest BCUT2D eigenvalue weighted by atomic mass is 10.1. The number of aromatic nitrogens is 2. The van der Waals surface area contributed by atoms with Gasteiger partial charge in [0, 0.05) is 25.8 Å². The standard InChI is InChI=1S/C10H16N4/c1-2-6-14(9-7-11-8-9)10-4-3-5-12-13-10/h3-5,9,11H,2,6-8H2,1H3. The van der Waals surface area contributed by atoms with E-state index in [2.05, 4.69) is 27.3 Å². The van der Waals surface area contributed by atoms with Gasteiger partial charge in [0.25, 0.3) is 0 Å². The highest BCUT2D eigenvalue weighted by molar-refractivity contribution is 5.39. The maximum atomic E-state index is 4.15. The lowest BCUT2D eigenvalue weighted by Crippen LogP contribution is -2.57. The van der Waals surface area contributed by atoms with Crippen molar-refractivity contribution >= 4 is 5.82 Å². The summed E-state index contributed by atoms with van der Waals surface area (Å²) in [5.41, 5.74) is 0. The molecule has 1 aliphatic rings. The second-order valence-corrected chi connectivity index (χ2v) is 3.59. The molecule has 0 aromatic carbocycles. The van der Waals surface area contributed by atoms with Gasteiger partial charge in [-0.05, 0) is 18.6 Å². The first-order valence-electron chi connectivity index (χ1n) is 5.17. The van der Waals surface area contributed by atoms with E-state index in [1.807, 2.05) is 12.1 Å². The Kier molecular flexibility index (Phi) is 2.93. The largest absolute Gasteiger partial charge is 0.350 e. The van der Waals surface area contributed by atoms with Crippen molar-refractivity contribution in [1.29, 1.82) is 0 Å². The highest BCUT2D eigenvalue weighted by atomic mass is 15.3. The van der Waals surface area contributed by atoms with Gasteiger partial charge in [-0.2, -0.15) is 5.10 Å². The normalized spacial score (nSPS) is 16.4. The molecule has 4 nitrogen and oxygen atoms in total. The highest BCUT2D eigenvalue weighted by Crippen LogP contribution is 2.15. The predicted molar refractivity (Wildman–Crippen MR) is 56.3 cm³/mol. The molecule has 1 aromatic rings. The number of anilines is 1. The fourth-order valence-corrected chi connectivity index (χ4v) is 1.67. The van der Waals surface area contributed by atoms with E-state index in [-0.39, 0.29) is 0 Å². The molecule has 0 atom stereocenters. The molecule has 1 saturated heterocycles. The molecule has 0 amide bonds. The van der Waals surface area contributed by atoms with E-state index in [0.717, 1.165) is 31.9 Å². The first kappa shape index (κ1) is 9.40. The summed E-state index contributed by atoms with van der Waals surface area (Å²) in [7, 11) is 0. The van der Waals surface area contributed by atoms with Crippen molar-refractivity contribution in [3.8, 4) is 0 Å². The van der Waals surface area contributed by atoms with Crippen molar-refractivity contribution in [3.05, 3.63) is 18.3 Å². The van der Waals surface area contributed by atoms with Gasteiger partial charge in [0.2, 0.25) is 0 Å². The second-order valence-electron chi connectivity index (χ2n) is 3.59. The molecule has 14 heavy (non-hydrogen) atoms. The summed E-state index contributed by atoms with van der Waals surface area (Å²) in [5, 5.41) is 11.3. The fourth-order valence-electron chi connectivity index (χ4n) is 1.67. The molecule has 0 aliphatic carbocycles. The Morgan fingerprint density at radius 3 is 2.93 bits per heavy atom. The van der Waals surface area contributed by atoms with Gasteiger partial charge >= 0.3 is 0 Å². The van der Waals surface area contributed by atoms with Crippen molar-refractivity contribution in [2.24, 2.45) is 0 Å². The Labute approximate surface area is 84.3 Å². The van der Waals surface area contributed by atoms with Gasteiger partial charge < -0.3 is 10.2 Å². The Morgan fingerprint density at radius 2 is 2.43 bits per heavy atom. The molecule has 76 valence electrons. The van der Waals surface area contributed by atoms with E-state index in [4.69, 9.17) is 0 Å². The molecular weight excluding hydrogens is 176 g/mol. The van der Waals surface area contributed by atoms with Gasteiger partial charge in [-0.1, -0.05) is 6.92 Å². The van der Waals surface area contributed by atoms with Crippen LogP contribution in [0.1, 0.15) is 13.3 Å². The van der Waals surface area contributed by atoms with Crippen LogP contribution in [0.5, 0.6) is 0 Å². The minimum absolute atomic E-state index is 0.603. The third-order valence-corrected chi connectivity index (χ3v) is 2.52. The Morgan fingerprint density at radius 1 is 1.57 bits per heavy atom. The molecular formula is C10H16N4. The van der Waals surface area contributed by atoms with Gasteiger partial charge in [-0.25, -0.2) is 0 Å². The molecule has 0 spiro atoms. The van der Waals surface area contributed by atoms with Crippen LogP contribution in [0, 0.1) is 0 Å². The molecule has 2 heterocycles. The van der Waals surface area contributed by atoms with E-state index in [9.17, 15) is 0 Å². The summed E-state index contributed by atoms with van der Waals surface area (Å²) in [6, 6.07) is 4.57. The summed E-state index contributed by atoms with van der Waals surface area (Å²) < 4.78 is 0. The lowest BCUT2D eigenvalue weighted by molar-refractivity contribution is 0.409. The minimum Gasteiger partial charge on any atom is -0.350 e. The monoisotopic (exact) mass is 192 g/mol. The number of hydrogen-bond acceptors (Lipinski definition) is 4. The molecule has 1 aromatic heterocycles. The molecule has 1 fully saturated rings. The van der Waals surface area contributed by atoms with Crippen LogP contribution in [-0.2, 0) is 0 Å². The molecule has 1 N–H and O–H groups in total. The van der Waals surface area contributed by atoms with E-state index in [1.165, 1.54) is 0 Å². The molecule has 4 heteroatoms. The summed E-state index contributed by atoms with van der Waals surface area (Å²) in [4.78, 5) is 2.34. The molecule has 1 aliphatic heterocycles. The van der Waals surface area contributed by atoms with Gasteiger partial charge in [0.15, 0.2) is 5.82 Å². The average molecular weight is 192 g/mol. The molecule has 0 saturated carbocycles. The van der Waals surface area contributed by atoms with Gasteiger partial charge in [-0.3, -0.25) is 0 Å². The van der Waals surface area contributed by atoms with Crippen LogP contribution in [0.15, 0.2) is 18.3 Å². The van der Waals surface area contributed by atoms with Crippen LogP contribution in [0.4, 0.5) is 5.82 Å². The lowest BCUT2D eigenvalue weighted by Gasteiger charge is -2.38. The zero-order valence-corrected chi connectivity index (χ0v) is 8.48. The average Bonchev–Trinajstić information content (AvgIpc) is 2.16. The number of rotatable bonds is 4. The topological polar surface area (TPSA) is 41.1 Å². The van der Waals surface area contributed by atoms with E-state index in [0.29, 0.717) is 6.04 Å². The quantitative estimate of drug-likeness (QED) is 0.761. The smallest absolute Gasteiger partial charge is 0.151 e. The highest BCUT2D eigenvalue weighted by Gasteiger charge is 2.24. The minimum atomic E-state index is 0.603. The second kappa shape index (κ2) is 4.37. The number of nitrogens with zero attached hydrogens (tertiary/aromatic N) is 3. The zero-order valence-electron chi connectivity index (χ0n) is 8.48. The van der Waals surface area contributed by atoms with Crippen LogP contribution in [0.25, 0.3) is 0 Å². The molecule has 2 rings (SSSR count). The van der Waals surface area contributed by atoms with Crippen molar-refractivity contribution < 1.29 is 0 Å². The summed E-state index contributed by atoms with van der Waals surface area (Å²) in [6.07, 6.45) is 2.86. The van der Waals surface area contributed by atoms with Crippen molar-refractivity contribution in [2.75, 3.05) is 24.5 Å². The van der Waals surface area contributed by atoms with Crippen LogP contribution in [0.2, 0.25) is 0 Å². The molecule has 0 radical (unpaired) electrons. The SMILES string of the molecule is CCCN(c1cccnn1)C1CNC1. The first-order valence-corrected chi connectivity index (χ1v) is 5.17. The summed E-state index contributed by atoms with van der Waals surface area (Å²) in [5.74, 6) is 1.00. The number of hydrogen-bond donors (Lipinski definition) is 1.